The molecule has 0 radical (unpaired) electrons. The number of esters is 1. The Kier molecular flexibility index (Phi) is 11.9. The van der Waals surface area contributed by atoms with Crippen LogP contribution in [0, 0.1) is 0 Å². The summed E-state index contributed by atoms with van der Waals surface area (Å²) in [7, 11) is 0. The Labute approximate surface area is 237 Å². The number of hydrogen-bond donors (Lipinski definition) is 2. The van der Waals surface area contributed by atoms with Gasteiger partial charge in [0.25, 0.3) is 5.91 Å². The molecule has 2 rings (SSSR count). The van der Waals surface area contributed by atoms with E-state index in [1.54, 1.807) is 64.1 Å². The summed E-state index contributed by atoms with van der Waals surface area (Å²) in [5.74, 6) is -1.97. The van der Waals surface area contributed by atoms with Crippen LogP contribution in [0.5, 0.6) is 0 Å². The first-order valence-electron chi connectivity index (χ1n) is 13.3. The van der Waals surface area contributed by atoms with Gasteiger partial charge in [-0.15, -0.1) is 13.2 Å². The van der Waals surface area contributed by atoms with Crippen molar-refractivity contribution in [3.05, 3.63) is 97.1 Å². The van der Waals surface area contributed by atoms with Crippen LogP contribution >= 0.6 is 0 Å². The zero-order chi connectivity index (χ0) is 29.8. The van der Waals surface area contributed by atoms with Crippen molar-refractivity contribution in [1.82, 2.24) is 15.5 Å². The molecule has 3 amide bonds. The zero-order valence-electron chi connectivity index (χ0n) is 23.9. The number of nitrogens with zero attached hydrogens (tertiary/aromatic N) is 1. The number of ether oxygens (including phenoxy) is 1. The first-order chi connectivity index (χ1) is 18.9. The molecule has 0 saturated carbocycles. The molecule has 0 saturated heterocycles. The van der Waals surface area contributed by atoms with E-state index in [4.69, 9.17) is 4.74 Å². The zero-order valence-corrected chi connectivity index (χ0v) is 23.9. The number of hydrogen-bond acceptors (Lipinski definition) is 5. The lowest BCUT2D eigenvalue weighted by molar-refractivity contribution is -0.160. The van der Waals surface area contributed by atoms with Crippen molar-refractivity contribution < 1.29 is 23.9 Å². The van der Waals surface area contributed by atoms with Gasteiger partial charge < -0.3 is 20.3 Å². The van der Waals surface area contributed by atoms with Crippen molar-refractivity contribution in [3.8, 4) is 0 Å². The molecule has 0 spiro atoms. The van der Waals surface area contributed by atoms with Crippen molar-refractivity contribution in [3.63, 3.8) is 0 Å². The fraction of sp³-hybridized carbons (Fsp3) is 0.375. The van der Waals surface area contributed by atoms with Crippen LogP contribution in [0.4, 0.5) is 0 Å². The Morgan fingerprint density at radius 1 is 0.925 bits per heavy atom. The summed E-state index contributed by atoms with van der Waals surface area (Å²) < 4.78 is 5.51. The first kappa shape index (κ1) is 32.0. The minimum atomic E-state index is -1.39. The fourth-order valence-corrected chi connectivity index (χ4v) is 4.07. The quantitative estimate of drug-likeness (QED) is 0.266. The van der Waals surface area contributed by atoms with E-state index in [9.17, 15) is 19.2 Å². The third kappa shape index (κ3) is 9.52. The van der Waals surface area contributed by atoms with Gasteiger partial charge in [0, 0.05) is 12.1 Å². The monoisotopic (exact) mass is 547 g/mol. The van der Waals surface area contributed by atoms with Crippen molar-refractivity contribution in [2.24, 2.45) is 0 Å². The van der Waals surface area contributed by atoms with Crippen molar-refractivity contribution in [2.75, 3.05) is 6.54 Å². The van der Waals surface area contributed by atoms with E-state index in [0.29, 0.717) is 12.0 Å². The molecule has 0 bridgehead atoms. The second kappa shape index (κ2) is 14.8. The molecule has 0 aromatic heterocycles. The van der Waals surface area contributed by atoms with Gasteiger partial charge in [-0.3, -0.25) is 14.4 Å². The van der Waals surface area contributed by atoms with Crippen LogP contribution in [0.25, 0.3) is 0 Å². The third-order valence-electron chi connectivity index (χ3n) is 6.24. The Morgan fingerprint density at radius 3 is 2.08 bits per heavy atom. The second-order valence-corrected chi connectivity index (χ2v) is 10.7. The molecule has 40 heavy (non-hydrogen) atoms. The molecule has 0 aliphatic heterocycles. The number of benzene rings is 2. The second-order valence-electron chi connectivity index (χ2n) is 10.7. The molecule has 2 N–H and O–H groups in total. The Balaban J connectivity index is 2.40. The van der Waals surface area contributed by atoms with Gasteiger partial charge in [-0.05, 0) is 64.7 Å². The SMILES string of the molecule is C=CCCC(C)(C(=O)NC(CC=C)C(=O)OC(C)(C)C)N(Cc1ccccc1)C(=O)CNC(=O)c1ccccc1. The van der Waals surface area contributed by atoms with Gasteiger partial charge in [-0.2, -0.15) is 0 Å². The maximum atomic E-state index is 14.0. The average Bonchev–Trinajstić information content (AvgIpc) is 2.92. The predicted octanol–water partition coefficient (Wildman–Crippen LogP) is 4.57. The maximum absolute atomic E-state index is 14.0. The van der Waals surface area contributed by atoms with Crippen LogP contribution in [0.2, 0.25) is 0 Å². The van der Waals surface area contributed by atoms with Gasteiger partial charge >= 0.3 is 5.97 Å². The lowest BCUT2D eigenvalue weighted by Crippen LogP contribution is -2.62. The largest absolute Gasteiger partial charge is 0.458 e. The van der Waals surface area contributed by atoms with E-state index in [-0.39, 0.29) is 25.9 Å². The van der Waals surface area contributed by atoms with Crippen molar-refractivity contribution in [1.29, 1.82) is 0 Å². The van der Waals surface area contributed by atoms with Gasteiger partial charge in [0.1, 0.15) is 17.2 Å². The van der Waals surface area contributed by atoms with E-state index in [1.807, 2.05) is 30.3 Å². The molecule has 8 heteroatoms. The van der Waals surface area contributed by atoms with Gasteiger partial charge in [-0.1, -0.05) is 60.7 Å². The highest BCUT2D eigenvalue weighted by molar-refractivity contribution is 5.98. The molecule has 0 fully saturated rings. The Hall–Kier alpha value is -4.20. The lowest BCUT2D eigenvalue weighted by Gasteiger charge is -2.41. The highest BCUT2D eigenvalue weighted by Gasteiger charge is 2.43. The molecule has 8 nitrogen and oxygen atoms in total. The third-order valence-corrected chi connectivity index (χ3v) is 6.24. The fourth-order valence-electron chi connectivity index (χ4n) is 4.07. The van der Waals surface area contributed by atoms with Crippen molar-refractivity contribution >= 4 is 23.7 Å². The first-order valence-corrected chi connectivity index (χ1v) is 13.3. The summed E-state index contributed by atoms with van der Waals surface area (Å²) in [5, 5.41) is 5.47. The number of amides is 3. The summed E-state index contributed by atoms with van der Waals surface area (Å²) in [6, 6.07) is 16.9. The van der Waals surface area contributed by atoms with E-state index in [1.165, 1.54) is 11.0 Å². The van der Waals surface area contributed by atoms with E-state index in [0.717, 1.165) is 5.56 Å². The lowest BCUT2D eigenvalue weighted by atomic mass is 9.90. The van der Waals surface area contributed by atoms with Gasteiger partial charge in [0.05, 0.1) is 6.54 Å². The summed E-state index contributed by atoms with van der Waals surface area (Å²) >= 11 is 0. The minimum Gasteiger partial charge on any atom is -0.458 e. The molecular formula is C32H41N3O5. The molecule has 2 atom stereocenters. The molecule has 0 aliphatic rings. The summed E-state index contributed by atoms with van der Waals surface area (Å²) in [6.07, 6.45) is 4.02. The molecular weight excluding hydrogens is 506 g/mol. The van der Waals surface area contributed by atoms with Gasteiger partial charge in [0.15, 0.2) is 0 Å². The van der Waals surface area contributed by atoms with Crippen LogP contribution in [-0.2, 0) is 25.7 Å². The van der Waals surface area contributed by atoms with Crippen LogP contribution in [0.1, 0.15) is 62.9 Å². The molecule has 214 valence electrons. The Morgan fingerprint density at radius 2 is 1.52 bits per heavy atom. The highest BCUT2D eigenvalue weighted by Crippen LogP contribution is 2.26. The normalized spacial score (nSPS) is 13.2. The molecule has 0 aliphatic carbocycles. The van der Waals surface area contributed by atoms with E-state index in [2.05, 4.69) is 23.8 Å². The molecule has 2 aromatic carbocycles. The number of rotatable bonds is 14. The number of nitrogens with one attached hydrogen (secondary N) is 2. The number of carbonyl (C=O) groups excluding carboxylic acids is 4. The summed E-state index contributed by atoms with van der Waals surface area (Å²) in [5.41, 5.74) is -0.918. The standard InChI is InChI=1S/C32H41N3O5/c1-7-9-21-32(6,30(39)34-26(16-8-2)29(38)40-31(3,4)5)35(23-24-17-12-10-13-18-24)27(36)22-33-28(37)25-19-14-11-15-20-25/h7-8,10-15,17-20,26H,1-2,9,16,21-23H2,3-6H3,(H,33,37)(H,34,39). The predicted molar refractivity (Wildman–Crippen MR) is 156 cm³/mol. The topological polar surface area (TPSA) is 105 Å². The van der Waals surface area contributed by atoms with Crippen LogP contribution < -0.4 is 10.6 Å². The van der Waals surface area contributed by atoms with E-state index < -0.39 is 40.9 Å². The Bertz CT molecular complexity index is 1170. The average molecular weight is 548 g/mol. The number of carbonyl (C=O) groups is 4. The van der Waals surface area contributed by atoms with Gasteiger partial charge in [0.2, 0.25) is 11.8 Å². The molecule has 2 unspecified atom stereocenters. The van der Waals surface area contributed by atoms with E-state index >= 15 is 0 Å². The van der Waals surface area contributed by atoms with Crippen LogP contribution in [0.15, 0.2) is 86.0 Å². The van der Waals surface area contributed by atoms with Crippen LogP contribution in [-0.4, -0.2) is 52.3 Å². The molecule has 0 heterocycles. The maximum Gasteiger partial charge on any atom is 0.329 e. The smallest absolute Gasteiger partial charge is 0.329 e. The van der Waals surface area contributed by atoms with Crippen LogP contribution in [0.3, 0.4) is 0 Å². The van der Waals surface area contributed by atoms with Crippen molar-refractivity contribution in [2.45, 2.75) is 70.7 Å². The van der Waals surface area contributed by atoms with Gasteiger partial charge in [-0.25, -0.2) is 4.79 Å². The highest BCUT2D eigenvalue weighted by atomic mass is 16.6. The minimum absolute atomic E-state index is 0.112. The molecule has 2 aromatic rings. The summed E-state index contributed by atoms with van der Waals surface area (Å²) in [4.78, 5) is 54.7. The summed E-state index contributed by atoms with van der Waals surface area (Å²) in [6.45, 7) is 14.2. The number of allylic oxidation sites excluding steroid dienone is 1.